The summed E-state index contributed by atoms with van der Waals surface area (Å²) in [6.07, 6.45) is 2.25. The molecule has 0 bridgehead atoms. The van der Waals surface area contributed by atoms with E-state index in [9.17, 15) is 9.59 Å². The molecule has 1 N–H and O–H groups in total. The lowest BCUT2D eigenvalue weighted by Gasteiger charge is -2.36. The molecule has 0 aromatic heterocycles. The van der Waals surface area contributed by atoms with Gasteiger partial charge in [-0.1, -0.05) is 11.8 Å². The summed E-state index contributed by atoms with van der Waals surface area (Å²) >= 11 is 1.44. The number of hydrogen-bond acceptors (Lipinski definition) is 8. The van der Waals surface area contributed by atoms with Crippen molar-refractivity contribution in [3.8, 4) is 11.5 Å². The maximum atomic E-state index is 12.8. The molecule has 1 aromatic carbocycles. The Labute approximate surface area is 185 Å². The highest BCUT2D eigenvalue weighted by molar-refractivity contribution is 8.16. The predicted molar refractivity (Wildman–Crippen MR) is 118 cm³/mol. The first-order valence-electron chi connectivity index (χ1n) is 10.0. The maximum absolute atomic E-state index is 12.8. The van der Waals surface area contributed by atoms with Crippen LogP contribution in [0.3, 0.4) is 0 Å². The third-order valence-corrected chi connectivity index (χ3v) is 6.31. The van der Waals surface area contributed by atoms with Gasteiger partial charge in [-0.2, -0.15) is 0 Å². The van der Waals surface area contributed by atoms with Crippen molar-refractivity contribution in [3.05, 3.63) is 46.1 Å². The second kappa shape index (κ2) is 8.66. The minimum atomic E-state index is -0.546. The number of esters is 1. The van der Waals surface area contributed by atoms with Crippen LogP contribution in [-0.4, -0.2) is 49.3 Å². The van der Waals surface area contributed by atoms with Crippen LogP contribution >= 0.6 is 11.8 Å². The molecule has 0 radical (unpaired) electrons. The normalized spacial score (nSPS) is 20.0. The van der Waals surface area contributed by atoms with Crippen LogP contribution in [0, 0.1) is 0 Å². The van der Waals surface area contributed by atoms with Gasteiger partial charge in [0, 0.05) is 23.4 Å². The zero-order valence-corrected chi connectivity index (χ0v) is 18.7. The van der Waals surface area contributed by atoms with E-state index in [4.69, 9.17) is 14.2 Å². The van der Waals surface area contributed by atoms with Crippen LogP contribution in [0.5, 0.6) is 11.5 Å². The molecule has 8 nitrogen and oxygen atoms in total. The molecule has 1 saturated carbocycles. The fourth-order valence-corrected chi connectivity index (χ4v) is 4.71. The van der Waals surface area contributed by atoms with E-state index < -0.39 is 12.0 Å². The number of methoxy groups -OCH3 is 3. The van der Waals surface area contributed by atoms with Gasteiger partial charge in [0.15, 0.2) is 5.17 Å². The minimum Gasteiger partial charge on any atom is -0.497 e. The van der Waals surface area contributed by atoms with Crippen molar-refractivity contribution in [3.63, 3.8) is 0 Å². The number of benzene rings is 1. The predicted octanol–water partition coefficient (Wildman–Crippen LogP) is 3.12. The molecule has 0 saturated heterocycles. The van der Waals surface area contributed by atoms with Crippen LogP contribution in [0.15, 0.2) is 45.6 Å². The van der Waals surface area contributed by atoms with Crippen LogP contribution in [0.4, 0.5) is 0 Å². The standard InChI is InChI=1S/C22H25N3O5S/c1-12-19(21(27)30-4)20(16-8-7-15(28-2)10-17(16)29-3)25-14(11-31-22(25)23-12)9-18(26)24-13-5-6-13/h7-8,10-11,13,20H,5-6,9H2,1-4H3,(H,24,26)/t20-/m0/s1. The van der Waals surface area contributed by atoms with Crippen LogP contribution in [0.1, 0.15) is 37.8 Å². The lowest BCUT2D eigenvalue weighted by molar-refractivity contribution is -0.136. The van der Waals surface area contributed by atoms with Crippen molar-refractivity contribution in [2.24, 2.45) is 4.99 Å². The zero-order valence-electron chi connectivity index (χ0n) is 17.9. The van der Waals surface area contributed by atoms with Gasteiger partial charge in [0.1, 0.15) is 11.5 Å². The molecular formula is C22H25N3O5S. The summed E-state index contributed by atoms with van der Waals surface area (Å²) in [7, 11) is 4.51. The number of allylic oxidation sites excluding steroid dienone is 1. The SMILES string of the molecule is COC(=O)C1=C(C)N=C2SC=C(CC(=O)NC3CC3)N2[C@H]1c1ccc(OC)cc1OC. The molecule has 164 valence electrons. The van der Waals surface area contributed by atoms with E-state index in [1.807, 2.05) is 22.4 Å². The highest BCUT2D eigenvalue weighted by Gasteiger charge is 2.42. The van der Waals surface area contributed by atoms with Gasteiger partial charge < -0.3 is 24.4 Å². The van der Waals surface area contributed by atoms with E-state index in [1.165, 1.54) is 18.9 Å². The second-order valence-electron chi connectivity index (χ2n) is 7.51. The molecule has 1 amide bonds. The number of rotatable bonds is 7. The molecule has 3 aliphatic rings. The summed E-state index contributed by atoms with van der Waals surface area (Å²) in [5.74, 6) is 0.697. The minimum absolute atomic E-state index is 0.0399. The van der Waals surface area contributed by atoms with Gasteiger partial charge in [0.25, 0.3) is 0 Å². The Morgan fingerprint density at radius 2 is 2.00 bits per heavy atom. The Hall–Kier alpha value is -2.94. The summed E-state index contributed by atoms with van der Waals surface area (Å²) in [5, 5.41) is 5.65. The van der Waals surface area contributed by atoms with E-state index in [0.717, 1.165) is 24.1 Å². The van der Waals surface area contributed by atoms with Crippen molar-refractivity contribution >= 4 is 28.8 Å². The van der Waals surface area contributed by atoms with Crippen molar-refractivity contribution in [2.75, 3.05) is 21.3 Å². The molecule has 0 spiro atoms. The molecule has 4 rings (SSSR count). The molecule has 31 heavy (non-hydrogen) atoms. The summed E-state index contributed by atoms with van der Waals surface area (Å²) in [4.78, 5) is 31.9. The molecular weight excluding hydrogens is 418 g/mol. The summed E-state index contributed by atoms with van der Waals surface area (Å²) in [6.45, 7) is 1.79. The summed E-state index contributed by atoms with van der Waals surface area (Å²) in [6, 6.07) is 5.20. The average molecular weight is 444 g/mol. The number of aliphatic imine (C=N–C) groups is 1. The Bertz CT molecular complexity index is 1010. The van der Waals surface area contributed by atoms with Crippen LogP contribution < -0.4 is 14.8 Å². The summed E-state index contributed by atoms with van der Waals surface area (Å²) in [5.41, 5.74) is 2.52. The molecule has 9 heteroatoms. The smallest absolute Gasteiger partial charge is 0.338 e. The molecule has 1 atom stereocenters. The number of ether oxygens (including phenoxy) is 3. The van der Waals surface area contributed by atoms with E-state index in [-0.39, 0.29) is 18.4 Å². The largest absolute Gasteiger partial charge is 0.497 e. The highest BCUT2D eigenvalue weighted by Crippen LogP contribution is 2.47. The molecule has 1 fully saturated rings. The number of thioether (sulfide) groups is 1. The lowest BCUT2D eigenvalue weighted by Crippen LogP contribution is -2.38. The van der Waals surface area contributed by atoms with Gasteiger partial charge in [-0.25, -0.2) is 9.79 Å². The topological polar surface area (TPSA) is 89.5 Å². The second-order valence-corrected chi connectivity index (χ2v) is 8.35. The van der Waals surface area contributed by atoms with Gasteiger partial charge in [0.05, 0.1) is 45.1 Å². The Balaban J connectivity index is 1.77. The number of amidine groups is 1. The number of nitrogens with one attached hydrogen (secondary N) is 1. The van der Waals surface area contributed by atoms with Crippen molar-refractivity contribution in [1.29, 1.82) is 0 Å². The first kappa shape index (κ1) is 21.3. The third-order valence-electron chi connectivity index (χ3n) is 5.43. The van der Waals surface area contributed by atoms with E-state index in [0.29, 0.717) is 27.9 Å². The molecule has 0 unspecified atom stereocenters. The summed E-state index contributed by atoms with van der Waals surface area (Å²) < 4.78 is 16.1. The Kier molecular flexibility index (Phi) is 5.95. The fourth-order valence-electron chi connectivity index (χ4n) is 3.75. The number of hydrogen-bond donors (Lipinski definition) is 1. The average Bonchev–Trinajstić information content (AvgIpc) is 3.50. The number of nitrogens with zero attached hydrogens (tertiary/aromatic N) is 2. The zero-order chi connectivity index (χ0) is 22.1. The molecule has 2 heterocycles. The van der Waals surface area contributed by atoms with Gasteiger partial charge >= 0.3 is 5.97 Å². The van der Waals surface area contributed by atoms with E-state index >= 15 is 0 Å². The van der Waals surface area contributed by atoms with E-state index in [2.05, 4.69) is 10.3 Å². The fraction of sp³-hybridized carbons (Fsp3) is 0.409. The van der Waals surface area contributed by atoms with E-state index in [1.54, 1.807) is 27.2 Å². The first-order valence-corrected chi connectivity index (χ1v) is 10.9. The monoisotopic (exact) mass is 443 g/mol. The molecule has 1 aliphatic carbocycles. The van der Waals surface area contributed by atoms with Gasteiger partial charge in [-0.3, -0.25) is 4.79 Å². The quantitative estimate of drug-likeness (QED) is 0.648. The molecule has 2 aliphatic heterocycles. The number of carbonyl (C=O) groups excluding carboxylic acids is 2. The van der Waals surface area contributed by atoms with Crippen molar-refractivity contribution < 1.29 is 23.8 Å². The number of carbonyl (C=O) groups is 2. The Morgan fingerprint density at radius 1 is 1.23 bits per heavy atom. The maximum Gasteiger partial charge on any atom is 0.338 e. The van der Waals surface area contributed by atoms with Crippen LogP contribution in [0.2, 0.25) is 0 Å². The molecule has 1 aromatic rings. The first-order chi connectivity index (χ1) is 15.0. The lowest BCUT2D eigenvalue weighted by atomic mass is 9.93. The number of amides is 1. The van der Waals surface area contributed by atoms with Crippen LogP contribution in [0.25, 0.3) is 0 Å². The van der Waals surface area contributed by atoms with Crippen molar-refractivity contribution in [1.82, 2.24) is 10.2 Å². The highest BCUT2D eigenvalue weighted by atomic mass is 32.2. The van der Waals surface area contributed by atoms with Gasteiger partial charge in [-0.05, 0) is 37.3 Å². The number of fused-ring (bicyclic) bond motifs is 1. The third kappa shape index (κ3) is 4.14. The van der Waals surface area contributed by atoms with Gasteiger partial charge in [0.2, 0.25) is 5.91 Å². The van der Waals surface area contributed by atoms with Gasteiger partial charge in [-0.15, -0.1) is 0 Å². The van der Waals surface area contributed by atoms with Crippen LogP contribution in [-0.2, 0) is 14.3 Å². The Morgan fingerprint density at radius 3 is 2.65 bits per heavy atom. The van der Waals surface area contributed by atoms with Crippen molar-refractivity contribution in [2.45, 2.75) is 38.3 Å².